The van der Waals surface area contributed by atoms with Gasteiger partial charge in [-0.3, -0.25) is 9.59 Å². The molecule has 1 aromatic rings. The van der Waals surface area contributed by atoms with Gasteiger partial charge in [0.2, 0.25) is 11.8 Å². The predicted octanol–water partition coefficient (Wildman–Crippen LogP) is 2.51. The Balaban J connectivity index is 1.74. The van der Waals surface area contributed by atoms with Gasteiger partial charge in [-0.05, 0) is 43.6 Å². The molecule has 7 nitrogen and oxygen atoms in total. The fourth-order valence-corrected chi connectivity index (χ4v) is 5.43. The van der Waals surface area contributed by atoms with Crippen LogP contribution < -0.4 is 14.8 Å². The molecule has 1 aromatic carbocycles. The van der Waals surface area contributed by atoms with Crippen molar-refractivity contribution in [2.75, 3.05) is 46.2 Å². The Bertz CT molecular complexity index is 752. The highest BCUT2D eigenvalue weighted by atomic mass is 32.2. The zero-order valence-electron chi connectivity index (χ0n) is 18.3. The highest BCUT2D eigenvalue weighted by Crippen LogP contribution is 2.44. The SMILES string of the molecule is COc1ccc(C2SCC(C(=O)NCCN3CCCC3)N2C(=O)C(C)C)cc1OC. The molecule has 0 radical (unpaired) electrons. The van der Waals surface area contributed by atoms with Gasteiger partial charge in [0.05, 0.1) is 14.2 Å². The van der Waals surface area contributed by atoms with Crippen LogP contribution in [0, 0.1) is 5.92 Å². The molecule has 0 aliphatic carbocycles. The number of thioether (sulfide) groups is 1. The van der Waals surface area contributed by atoms with Crippen LogP contribution in [0.5, 0.6) is 11.5 Å². The van der Waals surface area contributed by atoms with Crippen LogP contribution in [0.4, 0.5) is 0 Å². The van der Waals surface area contributed by atoms with Gasteiger partial charge < -0.3 is 24.6 Å². The van der Waals surface area contributed by atoms with Crippen molar-refractivity contribution in [3.63, 3.8) is 0 Å². The third-order valence-corrected chi connectivity index (χ3v) is 6.99. The van der Waals surface area contributed by atoms with Crippen LogP contribution in [0.3, 0.4) is 0 Å². The zero-order valence-corrected chi connectivity index (χ0v) is 19.2. The van der Waals surface area contributed by atoms with E-state index in [9.17, 15) is 9.59 Å². The van der Waals surface area contributed by atoms with E-state index in [1.807, 2.05) is 32.0 Å². The minimum absolute atomic E-state index is 0.0144. The molecule has 0 bridgehead atoms. The molecule has 166 valence electrons. The van der Waals surface area contributed by atoms with Crippen LogP contribution in [0.1, 0.15) is 37.6 Å². The molecule has 2 fully saturated rings. The number of nitrogens with zero attached hydrogens (tertiary/aromatic N) is 2. The number of carbonyl (C=O) groups excluding carboxylic acids is 2. The summed E-state index contributed by atoms with van der Waals surface area (Å²) in [6.45, 7) is 7.44. The van der Waals surface area contributed by atoms with Crippen LogP contribution in [0.15, 0.2) is 18.2 Å². The van der Waals surface area contributed by atoms with Crippen LogP contribution in [-0.4, -0.2) is 73.8 Å². The minimum atomic E-state index is -0.471. The Morgan fingerprint density at radius 1 is 1.17 bits per heavy atom. The van der Waals surface area contributed by atoms with E-state index in [4.69, 9.17) is 9.47 Å². The minimum Gasteiger partial charge on any atom is -0.493 e. The normalized spacial score (nSPS) is 21.8. The molecule has 2 saturated heterocycles. The highest BCUT2D eigenvalue weighted by molar-refractivity contribution is 7.99. The molecule has 0 aromatic heterocycles. The molecular weight excluding hydrogens is 402 g/mol. The molecule has 0 spiro atoms. The molecule has 2 aliphatic heterocycles. The molecule has 30 heavy (non-hydrogen) atoms. The smallest absolute Gasteiger partial charge is 0.243 e. The summed E-state index contributed by atoms with van der Waals surface area (Å²) in [6.07, 6.45) is 2.47. The van der Waals surface area contributed by atoms with Gasteiger partial charge in [0.15, 0.2) is 11.5 Å². The first-order chi connectivity index (χ1) is 14.5. The second-order valence-electron chi connectivity index (χ2n) is 8.06. The number of ether oxygens (including phenoxy) is 2. The number of rotatable bonds is 8. The Morgan fingerprint density at radius 3 is 2.50 bits per heavy atom. The van der Waals surface area contributed by atoms with Crippen molar-refractivity contribution in [3.05, 3.63) is 23.8 Å². The third kappa shape index (κ3) is 5.03. The number of carbonyl (C=O) groups is 2. The van der Waals surface area contributed by atoms with Gasteiger partial charge in [-0.1, -0.05) is 19.9 Å². The standard InChI is InChI=1S/C22H33N3O4S/c1-15(2)21(27)25-17(20(26)23-9-12-24-10-5-6-11-24)14-30-22(25)16-7-8-18(28-3)19(13-16)29-4/h7-8,13,15,17,22H,5-6,9-12,14H2,1-4H3,(H,23,26). The average Bonchev–Trinajstić information content (AvgIpc) is 3.42. The molecular formula is C22H33N3O4S. The van der Waals surface area contributed by atoms with Crippen molar-refractivity contribution in [2.24, 2.45) is 5.92 Å². The summed E-state index contributed by atoms with van der Waals surface area (Å²) in [6, 6.07) is 5.20. The summed E-state index contributed by atoms with van der Waals surface area (Å²) in [5.41, 5.74) is 0.930. The first-order valence-electron chi connectivity index (χ1n) is 10.6. The molecule has 2 heterocycles. The largest absolute Gasteiger partial charge is 0.493 e. The highest BCUT2D eigenvalue weighted by Gasteiger charge is 2.43. The van der Waals surface area contributed by atoms with Gasteiger partial charge in [0.25, 0.3) is 0 Å². The summed E-state index contributed by atoms with van der Waals surface area (Å²) in [5, 5.41) is 2.83. The van der Waals surface area contributed by atoms with Gasteiger partial charge in [-0.2, -0.15) is 0 Å². The van der Waals surface area contributed by atoms with Gasteiger partial charge in [-0.25, -0.2) is 0 Å². The molecule has 2 unspecified atom stereocenters. The zero-order chi connectivity index (χ0) is 21.7. The van der Waals surface area contributed by atoms with Crippen molar-refractivity contribution >= 4 is 23.6 Å². The molecule has 3 rings (SSSR count). The molecule has 1 N–H and O–H groups in total. The molecule has 8 heteroatoms. The maximum atomic E-state index is 13.1. The first kappa shape index (κ1) is 22.7. The van der Waals surface area contributed by atoms with Crippen molar-refractivity contribution < 1.29 is 19.1 Å². The number of hydrogen-bond acceptors (Lipinski definition) is 6. The van der Waals surface area contributed by atoms with E-state index < -0.39 is 6.04 Å². The second-order valence-corrected chi connectivity index (χ2v) is 9.17. The Morgan fingerprint density at radius 2 is 1.87 bits per heavy atom. The lowest BCUT2D eigenvalue weighted by atomic mass is 10.1. The fraction of sp³-hybridized carbons (Fsp3) is 0.636. The quantitative estimate of drug-likeness (QED) is 0.677. The number of likely N-dealkylation sites (tertiary alicyclic amines) is 1. The van der Waals surface area contributed by atoms with Crippen molar-refractivity contribution in [2.45, 2.75) is 38.1 Å². The molecule has 0 saturated carbocycles. The van der Waals surface area contributed by atoms with Crippen molar-refractivity contribution in [1.29, 1.82) is 0 Å². The van der Waals surface area contributed by atoms with Crippen molar-refractivity contribution in [3.8, 4) is 11.5 Å². The third-order valence-electron chi connectivity index (χ3n) is 5.67. The van der Waals surface area contributed by atoms with Crippen LogP contribution in [-0.2, 0) is 9.59 Å². The summed E-state index contributed by atoms with van der Waals surface area (Å²) in [4.78, 5) is 30.2. The van der Waals surface area contributed by atoms with E-state index in [0.717, 1.165) is 25.2 Å². The molecule has 2 amide bonds. The van der Waals surface area contributed by atoms with E-state index in [1.54, 1.807) is 30.9 Å². The maximum Gasteiger partial charge on any atom is 0.243 e. The lowest BCUT2D eigenvalue weighted by Crippen LogP contribution is -2.50. The molecule has 2 atom stereocenters. The van der Waals surface area contributed by atoms with E-state index in [-0.39, 0.29) is 23.1 Å². The van der Waals surface area contributed by atoms with Crippen LogP contribution in [0.25, 0.3) is 0 Å². The maximum absolute atomic E-state index is 13.1. The van der Waals surface area contributed by atoms with E-state index in [2.05, 4.69) is 10.2 Å². The number of hydrogen-bond donors (Lipinski definition) is 1. The molecule has 2 aliphatic rings. The lowest BCUT2D eigenvalue weighted by molar-refractivity contribution is -0.142. The van der Waals surface area contributed by atoms with Crippen LogP contribution in [0.2, 0.25) is 0 Å². The Kier molecular flexibility index (Phi) is 7.88. The summed E-state index contributed by atoms with van der Waals surface area (Å²) < 4.78 is 10.8. The lowest BCUT2D eigenvalue weighted by Gasteiger charge is -2.31. The van der Waals surface area contributed by atoms with E-state index in [1.165, 1.54) is 12.8 Å². The first-order valence-corrected chi connectivity index (χ1v) is 11.7. The van der Waals surface area contributed by atoms with Gasteiger partial charge >= 0.3 is 0 Å². The average molecular weight is 436 g/mol. The van der Waals surface area contributed by atoms with Crippen molar-refractivity contribution in [1.82, 2.24) is 15.1 Å². The number of methoxy groups -OCH3 is 2. The van der Waals surface area contributed by atoms with E-state index >= 15 is 0 Å². The number of benzene rings is 1. The second kappa shape index (κ2) is 10.4. The number of amides is 2. The summed E-state index contributed by atoms with van der Waals surface area (Å²) in [7, 11) is 3.19. The van der Waals surface area contributed by atoms with Gasteiger partial charge in [0, 0.05) is 24.8 Å². The Hall–Kier alpha value is -1.93. The van der Waals surface area contributed by atoms with Gasteiger partial charge in [-0.15, -0.1) is 11.8 Å². The number of nitrogens with one attached hydrogen (secondary N) is 1. The van der Waals surface area contributed by atoms with E-state index in [0.29, 0.717) is 23.8 Å². The monoisotopic (exact) mass is 435 g/mol. The van der Waals surface area contributed by atoms with Crippen LogP contribution >= 0.6 is 11.8 Å². The predicted molar refractivity (Wildman–Crippen MR) is 119 cm³/mol. The van der Waals surface area contributed by atoms with Gasteiger partial charge in [0.1, 0.15) is 11.4 Å². The summed E-state index contributed by atoms with van der Waals surface area (Å²) in [5.74, 6) is 1.56. The topological polar surface area (TPSA) is 71.1 Å². The summed E-state index contributed by atoms with van der Waals surface area (Å²) >= 11 is 1.61. The Labute approximate surface area is 183 Å². The fourth-order valence-electron chi connectivity index (χ4n) is 4.00.